The Balaban J connectivity index is 1.60. The number of nitrogens with zero attached hydrogens (tertiary/aromatic N) is 2. The summed E-state index contributed by atoms with van der Waals surface area (Å²) in [6, 6.07) is 1.99. The number of fused-ring (bicyclic) bond motifs is 1. The molecule has 0 bridgehead atoms. The van der Waals surface area contributed by atoms with Crippen LogP contribution in [0.4, 0.5) is 0 Å². The topological polar surface area (TPSA) is 79.4 Å². The molecule has 1 fully saturated rings. The lowest BCUT2D eigenvalue weighted by molar-refractivity contribution is 0.0923. The molecular formula is C16H23N3O3S. The molecule has 0 aromatic carbocycles. The smallest absolute Gasteiger partial charge is 0.253 e. The molecule has 6 nitrogen and oxygen atoms in total. The van der Waals surface area contributed by atoms with E-state index in [1.807, 2.05) is 6.07 Å². The Morgan fingerprint density at radius 2 is 1.96 bits per heavy atom. The molecule has 0 atom stereocenters. The van der Waals surface area contributed by atoms with Crippen LogP contribution < -0.4 is 5.32 Å². The largest absolute Gasteiger partial charge is 0.349 e. The van der Waals surface area contributed by atoms with Crippen LogP contribution in [0, 0.1) is 0 Å². The van der Waals surface area contributed by atoms with Crippen LogP contribution in [0.2, 0.25) is 0 Å². The van der Waals surface area contributed by atoms with E-state index in [-0.39, 0.29) is 11.9 Å². The van der Waals surface area contributed by atoms with Gasteiger partial charge in [0.1, 0.15) is 0 Å². The van der Waals surface area contributed by atoms with Gasteiger partial charge in [0.25, 0.3) is 5.91 Å². The third-order valence-electron chi connectivity index (χ3n) is 4.69. The zero-order chi connectivity index (χ0) is 16.4. The first-order valence-corrected chi connectivity index (χ1v) is 10.0. The van der Waals surface area contributed by atoms with Crippen molar-refractivity contribution in [3.05, 3.63) is 29.1 Å². The van der Waals surface area contributed by atoms with E-state index in [4.69, 9.17) is 0 Å². The van der Waals surface area contributed by atoms with Crippen LogP contribution in [0.25, 0.3) is 0 Å². The number of hydrogen-bond donors (Lipinski definition) is 1. The van der Waals surface area contributed by atoms with Crippen LogP contribution in [-0.2, 0) is 22.9 Å². The molecule has 126 valence electrons. The molecule has 2 heterocycles. The Hall–Kier alpha value is -1.47. The SMILES string of the molecule is CS(=O)(=O)N1CCC(NC(=O)c2cnc3c(c2)CCCC3)CC1. The first kappa shape index (κ1) is 16.4. The standard InChI is InChI=1S/C16H23N3O3S/c1-23(21,22)19-8-6-14(7-9-19)18-16(20)13-10-12-4-2-3-5-15(12)17-11-13/h10-11,14H,2-9H2,1H3,(H,18,20). The summed E-state index contributed by atoms with van der Waals surface area (Å²) < 4.78 is 24.5. The Morgan fingerprint density at radius 1 is 1.26 bits per heavy atom. The average molecular weight is 337 g/mol. The maximum atomic E-state index is 12.4. The van der Waals surface area contributed by atoms with Crippen LogP contribution in [0.1, 0.15) is 47.3 Å². The van der Waals surface area contributed by atoms with Gasteiger partial charge in [-0.05, 0) is 50.2 Å². The lowest BCUT2D eigenvalue weighted by Crippen LogP contribution is -2.46. The summed E-state index contributed by atoms with van der Waals surface area (Å²) in [5.74, 6) is -0.108. The van der Waals surface area contributed by atoms with Crippen LogP contribution >= 0.6 is 0 Å². The first-order valence-electron chi connectivity index (χ1n) is 8.17. The molecule has 23 heavy (non-hydrogen) atoms. The highest BCUT2D eigenvalue weighted by atomic mass is 32.2. The molecule has 1 N–H and O–H groups in total. The van der Waals surface area contributed by atoms with Crippen LogP contribution in [0.15, 0.2) is 12.3 Å². The quantitative estimate of drug-likeness (QED) is 0.896. The number of nitrogens with one attached hydrogen (secondary N) is 1. The van der Waals surface area contributed by atoms with E-state index in [2.05, 4.69) is 10.3 Å². The van der Waals surface area contributed by atoms with Gasteiger partial charge in [0.2, 0.25) is 10.0 Å². The molecule has 0 unspecified atom stereocenters. The Kier molecular flexibility index (Phi) is 4.68. The fourth-order valence-electron chi connectivity index (χ4n) is 3.31. The number of amides is 1. The van der Waals surface area contributed by atoms with Gasteiger partial charge >= 0.3 is 0 Å². The summed E-state index contributed by atoms with van der Waals surface area (Å²) >= 11 is 0. The average Bonchev–Trinajstić information content (AvgIpc) is 2.54. The second-order valence-electron chi connectivity index (χ2n) is 6.45. The molecule has 0 radical (unpaired) electrons. The molecule has 1 aromatic heterocycles. The molecule has 1 aliphatic heterocycles. The van der Waals surface area contributed by atoms with Gasteiger partial charge in [-0.25, -0.2) is 12.7 Å². The predicted octanol–water partition coefficient (Wildman–Crippen LogP) is 1.11. The summed E-state index contributed by atoms with van der Waals surface area (Å²) in [5.41, 5.74) is 2.92. The molecule has 1 aliphatic carbocycles. The number of aromatic nitrogens is 1. The van der Waals surface area contributed by atoms with Crippen LogP contribution in [0.3, 0.4) is 0 Å². The van der Waals surface area contributed by atoms with Gasteiger partial charge in [0.05, 0.1) is 11.8 Å². The minimum atomic E-state index is -3.13. The lowest BCUT2D eigenvalue weighted by Gasteiger charge is -2.30. The Bertz CT molecular complexity index is 695. The summed E-state index contributed by atoms with van der Waals surface area (Å²) in [4.78, 5) is 16.8. The van der Waals surface area contributed by atoms with Crippen molar-refractivity contribution in [2.75, 3.05) is 19.3 Å². The van der Waals surface area contributed by atoms with Gasteiger partial charge in [-0.15, -0.1) is 0 Å². The third-order valence-corrected chi connectivity index (χ3v) is 5.99. The van der Waals surface area contributed by atoms with Crippen LogP contribution in [-0.4, -0.2) is 49.0 Å². The zero-order valence-electron chi connectivity index (χ0n) is 13.4. The fraction of sp³-hybridized carbons (Fsp3) is 0.625. The second kappa shape index (κ2) is 6.57. The van der Waals surface area contributed by atoms with Crippen molar-refractivity contribution in [1.82, 2.24) is 14.6 Å². The van der Waals surface area contributed by atoms with Gasteiger partial charge < -0.3 is 5.32 Å². The van der Waals surface area contributed by atoms with E-state index in [9.17, 15) is 13.2 Å². The number of carbonyl (C=O) groups is 1. The number of pyridine rings is 1. The molecule has 0 saturated carbocycles. The molecule has 7 heteroatoms. The monoisotopic (exact) mass is 337 g/mol. The van der Waals surface area contributed by atoms with Crippen molar-refractivity contribution < 1.29 is 13.2 Å². The molecule has 0 spiro atoms. The van der Waals surface area contributed by atoms with Gasteiger partial charge in [0, 0.05) is 31.0 Å². The summed E-state index contributed by atoms with van der Waals surface area (Å²) in [6.07, 6.45) is 8.51. The first-order chi connectivity index (χ1) is 10.9. The van der Waals surface area contributed by atoms with Gasteiger partial charge in [-0.3, -0.25) is 9.78 Å². The molecule has 1 amide bonds. The summed E-state index contributed by atoms with van der Waals surface area (Å²) in [7, 11) is -3.13. The molecule has 3 rings (SSSR count). The zero-order valence-corrected chi connectivity index (χ0v) is 14.2. The van der Waals surface area contributed by atoms with E-state index in [1.165, 1.54) is 22.5 Å². The highest BCUT2D eigenvalue weighted by molar-refractivity contribution is 7.88. The predicted molar refractivity (Wildman–Crippen MR) is 87.8 cm³/mol. The number of piperidine rings is 1. The highest BCUT2D eigenvalue weighted by Gasteiger charge is 2.26. The van der Waals surface area contributed by atoms with Crippen molar-refractivity contribution in [3.63, 3.8) is 0 Å². The molecule has 1 aromatic rings. The number of rotatable bonds is 3. The third kappa shape index (κ3) is 3.90. The van der Waals surface area contributed by atoms with Gasteiger partial charge in [0.15, 0.2) is 0 Å². The maximum Gasteiger partial charge on any atom is 0.253 e. The van der Waals surface area contributed by atoms with E-state index in [0.29, 0.717) is 31.5 Å². The van der Waals surface area contributed by atoms with Crippen molar-refractivity contribution in [2.24, 2.45) is 0 Å². The van der Waals surface area contributed by atoms with Crippen LogP contribution in [0.5, 0.6) is 0 Å². The summed E-state index contributed by atoms with van der Waals surface area (Å²) in [5, 5.41) is 3.01. The van der Waals surface area contributed by atoms with Crippen molar-refractivity contribution in [1.29, 1.82) is 0 Å². The lowest BCUT2D eigenvalue weighted by atomic mass is 9.95. The van der Waals surface area contributed by atoms with Crippen molar-refractivity contribution in [3.8, 4) is 0 Å². The number of hydrogen-bond acceptors (Lipinski definition) is 4. The normalized spacial score (nSPS) is 20.0. The number of carbonyl (C=O) groups excluding carboxylic acids is 1. The van der Waals surface area contributed by atoms with E-state index < -0.39 is 10.0 Å². The minimum absolute atomic E-state index is 0.0246. The highest BCUT2D eigenvalue weighted by Crippen LogP contribution is 2.20. The van der Waals surface area contributed by atoms with Gasteiger partial charge in [-0.2, -0.15) is 0 Å². The second-order valence-corrected chi connectivity index (χ2v) is 8.43. The Labute approximate surface area is 137 Å². The van der Waals surface area contributed by atoms with Crippen molar-refractivity contribution >= 4 is 15.9 Å². The summed E-state index contributed by atoms with van der Waals surface area (Å²) in [6.45, 7) is 0.929. The Morgan fingerprint density at radius 3 is 2.65 bits per heavy atom. The number of aryl methyl sites for hydroxylation is 2. The van der Waals surface area contributed by atoms with Crippen molar-refractivity contribution in [2.45, 2.75) is 44.6 Å². The van der Waals surface area contributed by atoms with E-state index in [0.717, 1.165) is 25.0 Å². The number of sulfonamides is 1. The van der Waals surface area contributed by atoms with E-state index in [1.54, 1.807) is 6.20 Å². The molecule has 1 saturated heterocycles. The fourth-order valence-corrected chi connectivity index (χ4v) is 4.19. The van der Waals surface area contributed by atoms with E-state index >= 15 is 0 Å². The minimum Gasteiger partial charge on any atom is -0.349 e. The van der Waals surface area contributed by atoms with Gasteiger partial charge in [-0.1, -0.05) is 0 Å². The molecule has 2 aliphatic rings. The maximum absolute atomic E-state index is 12.4. The molecular weight excluding hydrogens is 314 g/mol.